The van der Waals surface area contributed by atoms with E-state index in [-0.39, 0.29) is 16.4 Å². The van der Waals surface area contributed by atoms with Crippen molar-refractivity contribution in [1.82, 2.24) is 19.3 Å². The van der Waals surface area contributed by atoms with Crippen LogP contribution in [0.15, 0.2) is 84.1 Å². The van der Waals surface area contributed by atoms with Gasteiger partial charge in [0.15, 0.2) is 5.65 Å². The van der Waals surface area contributed by atoms with E-state index in [1.165, 1.54) is 36.8 Å². The molecule has 0 radical (unpaired) electrons. The van der Waals surface area contributed by atoms with E-state index in [2.05, 4.69) is 15.3 Å². The predicted molar refractivity (Wildman–Crippen MR) is 109 cm³/mol. The van der Waals surface area contributed by atoms with Crippen molar-refractivity contribution in [3.05, 3.63) is 90.4 Å². The summed E-state index contributed by atoms with van der Waals surface area (Å²) < 4.78 is 26.8. The molecular weight excluding hydrogens is 388 g/mol. The molecule has 0 saturated heterocycles. The van der Waals surface area contributed by atoms with E-state index in [9.17, 15) is 13.2 Å². The Morgan fingerprint density at radius 3 is 2.45 bits per heavy atom. The second kappa shape index (κ2) is 7.84. The molecule has 8 heteroatoms. The van der Waals surface area contributed by atoms with Gasteiger partial charge in [-0.2, -0.15) is 0 Å². The van der Waals surface area contributed by atoms with Crippen LogP contribution >= 0.6 is 0 Å². The monoisotopic (exact) mass is 406 g/mol. The predicted octanol–water partition coefficient (Wildman–Crippen LogP) is 2.64. The molecule has 2 heterocycles. The summed E-state index contributed by atoms with van der Waals surface area (Å²) >= 11 is 0. The zero-order chi connectivity index (χ0) is 20.3. The number of aromatic nitrogens is 3. The fraction of sp³-hybridized carbons (Fsp3) is 0.0952. The molecule has 4 aromatic rings. The van der Waals surface area contributed by atoms with Crippen LogP contribution in [0.4, 0.5) is 0 Å². The minimum Gasteiger partial charge on any atom is -0.352 e. The molecule has 2 aromatic heterocycles. The van der Waals surface area contributed by atoms with Crippen LogP contribution in [0.3, 0.4) is 0 Å². The van der Waals surface area contributed by atoms with E-state index >= 15 is 0 Å². The molecule has 0 aliphatic heterocycles. The topological polar surface area (TPSA) is 94.0 Å². The number of hydrogen-bond donors (Lipinski definition) is 1. The normalized spacial score (nSPS) is 11.4. The Labute approximate surface area is 168 Å². The molecule has 0 bridgehead atoms. The minimum absolute atomic E-state index is 0.0586. The summed E-state index contributed by atoms with van der Waals surface area (Å²) in [4.78, 5) is 20.5. The van der Waals surface area contributed by atoms with Crippen LogP contribution in [-0.2, 0) is 16.4 Å². The first-order chi connectivity index (χ1) is 14.1. The van der Waals surface area contributed by atoms with E-state index in [4.69, 9.17) is 0 Å². The van der Waals surface area contributed by atoms with Gasteiger partial charge in [0.1, 0.15) is 11.8 Å². The number of nitrogens with one attached hydrogen (secondary N) is 1. The van der Waals surface area contributed by atoms with Crippen molar-refractivity contribution >= 4 is 27.1 Å². The molecule has 0 atom stereocenters. The Kier molecular flexibility index (Phi) is 5.09. The lowest BCUT2D eigenvalue weighted by atomic mass is 10.1. The third kappa shape index (κ3) is 3.88. The number of hydrogen-bond acceptors (Lipinski definition) is 5. The van der Waals surface area contributed by atoms with E-state index in [0.717, 1.165) is 16.0 Å². The lowest BCUT2D eigenvalue weighted by Crippen LogP contribution is -2.25. The van der Waals surface area contributed by atoms with E-state index in [1.807, 2.05) is 30.3 Å². The van der Waals surface area contributed by atoms with Gasteiger partial charge >= 0.3 is 0 Å². The fourth-order valence-corrected chi connectivity index (χ4v) is 4.21. The van der Waals surface area contributed by atoms with Gasteiger partial charge in [-0.1, -0.05) is 30.3 Å². The number of fused-ring (bicyclic) bond motifs is 1. The van der Waals surface area contributed by atoms with Gasteiger partial charge in [-0.15, -0.1) is 0 Å². The maximum Gasteiger partial charge on any atom is 0.270 e. The summed E-state index contributed by atoms with van der Waals surface area (Å²) in [6, 6.07) is 19.1. The molecule has 0 fully saturated rings. The molecule has 0 unspecified atom stereocenters. The Bertz CT molecular complexity index is 1250. The summed E-state index contributed by atoms with van der Waals surface area (Å²) in [5.74, 6) is -0.250. The van der Waals surface area contributed by atoms with Crippen LogP contribution in [0.2, 0.25) is 0 Å². The first-order valence-corrected chi connectivity index (χ1v) is 10.5. The minimum atomic E-state index is -3.86. The van der Waals surface area contributed by atoms with Gasteiger partial charge in [0.25, 0.3) is 15.9 Å². The van der Waals surface area contributed by atoms with Gasteiger partial charge in [-0.25, -0.2) is 22.4 Å². The van der Waals surface area contributed by atoms with Crippen molar-refractivity contribution < 1.29 is 13.2 Å². The Morgan fingerprint density at radius 1 is 0.931 bits per heavy atom. The highest BCUT2D eigenvalue weighted by molar-refractivity contribution is 7.90. The van der Waals surface area contributed by atoms with Gasteiger partial charge < -0.3 is 5.32 Å². The number of amides is 1. The summed E-state index contributed by atoms with van der Waals surface area (Å²) in [5, 5.41) is 2.84. The quantitative estimate of drug-likeness (QED) is 0.531. The molecular formula is C21H18N4O3S. The number of carbonyl (C=O) groups is 1. The second-order valence-corrected chi connectivity index (χ2v) is 8.22. The third-order valence-corrected chi connectivity index (χ3v) is 6.14. The highest BCUT2D eigenvalue weighted by Gasteiger charge is 2.20. The van der Waals surface area contributed by atoms with E-state index in [0.29, 0.717) is 17.6 Å². The van der Waals surface area contributed by atoms with E-state index < -0.39 is 10.0 Å². The standard InChI is InChI=1S/C21H18N4O3S/c26-21(23-14-12-16-5-2-1-3-6-16)17-8-10-18(11-9-17)29(27,28)25-15-24-19-7-4-13-22-20(19)25/h1-11,13,15H,12,14H2,(H,23,26). The van der Waals surface area contributed by atoms with Crippen molar-refractivity contribution in [2.75, 3.05) is 6.54 Å². The van der Waals surface area contributed by atoms with E-state index in [1.54, 1.807) is 12.1 Å². The smallest absolute Gasteiger partial charge is 0.270 e. The van der Waals surface area contributed by atoms with Gasteiger partial charge in [-0.3, -0.25) is 4.79 Å². The van der Waals surface area contributed by atoms with Gasteiger partial charge in [0, 0.05) is 18.3 Å². The largest absolute Gasteiger partial charge is 0.352 e. The zero-order valence-electron chi connectivity index (χ0n) is 15.4. The summed E-state index contributed by atoms with van der Waals surface area (Å²) in [7, 11) is -3.86. The third-order valence-electron chi connectivity index (χ3n) is 4.49. The van der Waals surface area contributed by atoms with Gasteiger partial charge in [0.05, 0.1) is 4.90 Å². The van der Waals surface area contributed by atoms with Gasteiger partial charge in [-0.05, 0) is 48.4 Å². The second-order valence-electron chi connectivity index (χ2n) is 6.41. The molecule has 29 heavy (non-hydrogen) atoms. The summed E-state index contributed by atoms with van der Waals surface area (Å²) in [6.45, 7) is 0.496. The number of imidazole rings is 1. The number of pyridine rings is 1. The maximum atomic E-state index is 12.9. The first kappa shape index (κ1) is 18.8. The number of carbonyl (C=O) groups excluding carboxylic acids is 1. The number of benzene rings is 2. The number of rotatable bonds is 6. The van der Waals surface area contributed by atoms with Crippen molar-refractivity contribution in [3.8, 4) is 0 Å². The van der Waals surface area contributed by atoms with Crippen molar-refractivity contribution in [2.24, 2.45) is 0 Å². The molecule has 146 valence electrons. The SMILES string of the molecule is O=C(NCCc1ccccc1)c1ccc(S(=O)(=O)n2cnc3cccnc32)cc1. The van der Waals surface area contributed by atoms with Crippen LogP contribution in [0.5, 0.6) is 0 Å². The zero-order valence-corrected chi connectivity index (χ0v) is 16.2. The van der Waals surface area contributed by atoms with Crippen LogP contribution in [0, 0.1) is 0 Å². The summed E-state index contributed by atoms with van der Waals surface area (Å²) in [6.07, 6.45) is 3.47. The Balaban J connectivity index is 1.47. The molecule has 7 nitrogen and oxygen atoms in total. The summed E-state index contributed by atoms with van der Waals surface area (Å²) in [5.41, 5.74) is 2.28. The fourth-order valence-electron chi connectivity index (χ4n) is 2.96. The maximum absolute atomic E-state index is 12.9. The lowest BCUT2D eigenvalue weighted by Gasteiger charge is -2.08. The molecule has 0 aliphatic rings. The highest BCUT2D eigenvalue weighted by atomic mass is 32.2. The van der Waals surface area contributed by atoms with Crippen molar-refractivity contribution in [2.45, 2.75) is 11.3 Å². The number of nitrogens with zero attached hydrogens (tertiary/aromatic N) is 3. The average Bonchev–Trinajstić information content (AvgIpc) is 3.19. The van der Waals surface area contributed by atoms with Crippen LogP contribution < -0.4 is 5.32 Å². The van der Waals surface area contributed by atoms with Gasteiger partial charge in [0.2, 0.25) is 0 Å². The van der Waals surface area contributed by atoms with Crippen LogP contribution in [0.25, 0.3) is 11.2 Å². The molecule has 0 saturated carbocycles. The highest BCUT2D eigenvalue weighted by Crippen LogP contribution is 2.19. The van der Waals surface area contributed by atoms with Crippen molar-refractivity contribution in [3.63, 3.8) is 0 Å². The molecule has 2 aromatic carbocycles. The molecule has 4 rings (SSSR count). The average molecular weight is 406 g/mol. The first-order valence-electron chi connectivity index (χ1n) is 9.01. The molecule has 0 spiro atoms. The molecule has 1 N–H and O–H groups in total. The molecule has 0 aliphatic carbocycles. The van der Waals surface area contributed by atoms with Crippen LogP contribution in [0.1, 0.15) is 15.9 Å². The molecule has 1 amide bonds. The Hall–Kier alpha value is -3.52. The van der Waals surface area contributed by atoms with Crippen molar-refractivity contribution in [1.29, 1.82) is 0 Å². The Morgan fingerprint density at radius 2 is 1.69 bits per heavy atom. The van der Waals surface area contributed by atoms with Crippen LogP contribution in [-0.4, -0.2) is 34.8 Å². The lowest BCUT2D eigenvalue weighted by molar-refractivity contribution is 0.0954.